The summed E-state index contributed by atoms with van der Waals surface area (Å²) in [6.07, 6.45) is 1.01. The van der Waals surface area contributed by atoms with Gasteiger partial charge in [0.15, 0.2) is 0 Å². The van der Waals surface area contributed by atoms with Crippen LogP contribution in [0.3, 0.4) is 0 Å². The molecule has 1 amide bonds. The van der Waals surface area contributed by atoms with Crippen LogP contribution in [0.5, 0.6) is 0 Å². The van der Waals surface area contributed by atoms with Crippen LogP contribution in [-0.2, 0) is 0 Å². The fourth-order valence-corrected chi connectivity index (χ4v) is 2.08. The van der Waals surface area contributed by atoms with E-state index >= 15 is 0 Å². The van der Waals surface area contributed by atoms with Gasteiger partial charge in [-0.25, -0.2) is 0 Å². The molecule has 0 aliphatic heterocycles. The minimum Gasteiger partial charge on any atom is -0.339 e. The van der Waals surface area contributed by atoms with Crippen LogP contribution in [0.4, 0.5) is 0 Å². The number of aromatic nitrogens is 2. The predicted molar refractivity (Wildman–Crippen MR) is 69.1 cm³/mol. The second-order valence-corrected chi connectivity index (χ2v) is 5.20. The number of carbonyl (C=O) groups is 1. The van der Waals surface area contributed by atoms with Crippen LogP contribution in [-0.4, -0.2) is 34.1 Å². The molecule has 0 radical (unpaired) electrons. The smallest absolute Gasteiger partial charge is 0.257 e. The van der Waals surface area contributed by atoms with E-state index in [-0.39, 0.29) is 11.9 Å². The molecule has 1 heterocycles. The lowest BCUT2D eigenvalue weighted by Crippen LogP contribution is -2.36. The lowest BCUT2D eigenvalue weighted by Gasteiger charge is -2.26. The van der Waals surface area contributed by atoms with Crippen LogP contribution < -0.4 is 0 Å². The Morgan fingerprint density at radius 2 is 1.94 bits per heavy atom. The van der Waals surface area contributed by atoms with Crippen molar-refractivity contribution in [2.24, 2.45) is 5.92 Å². The zero-order valence-electron chi connectivity index (χ0n) is 11.7. The van der Waals surface area contributed by atoms with Gasteiger partial charge < -0.3 is 4.90 Å². The minimum atomic E-state index is 0.0573. The number of H-pyrrole nitrogens is 1. The lowest BCUT2D eigenvalue weighted by molar-refractivity contribution is 0.0727. The first-order chi connectivity index (χ1) is 7.84. The Balaban J connectivity index is 2.83. The number of rotatable bonds is 4. The molecular formula is C13H23N3O. The molecule has 0 spiro atoms. The first kappa shape index (κ1) is 13.7. The van der Waals surface area contributed by atoms with E-state index in [0.29, 0.717) is 11.5 Å². The quantitative estimate of drug-likeness (QED) is 0.874. The highest BCUT2D eigenvalue weighted by Crippen LogP contribution is 2.16. The van der Waals surface area contributed by atoms with Gasteiger partial charge in [0.25, 0.3) is 5.91 Å². The van der Waals surface area contributed by atoms with Crippen LogP contribution in [0.2, 0.25) is 0 Å². The van der Waals surface area contributed by atoms with Gasteiger partial charge in [0, 0.05) is 18.8 Å². The standard InChI is InChI=1S/C13H23N3O/c1-8(2)7-9(3)16(6)13(17)12-10(4)14-15-11(12)5/h8-9H,7H2,1-6H3,(H,14,15). The maximum atomic E-state index is 12.3. The Kier molecular flexibility index (Phi) is 4.32. The summed E-state index contributed by atoms with van der Waals surface area (Å²) in [5.41, 5.74) is 2.33. The number of nitrogens with one attached hydrogen (secondary N) is 1. The first-order valence-corrected chi connectivity index (χ1v) is 6.13. The number of amides is 1. The third-order valence-electron chi connectivity index (χ3n) is 3.14. The second-order valence-electron chi connectivity index (χ2n) is 5.20. The molecule has 0 aliphatic rings. The van der Waals surface area contributed by atoms with E-state index in [4.69, 9.17) is 0 Å². The number of nitrogens with zero attached hydrogens (tertiary/aromatic N) is 2. The molecule has 0 fully saturated rings. The summed E-state index contributed by atoms with van der Waals surface area (Å²) < 4.78 is 0. The van der Waals surface area contributed by atoms with Crippen molar-refractivity contribution in [2.75, 3.05) is 7.05 Å². The molecule has 17 heavy (non-hydrogen) atoms. The Morgan fingerprint density at radius 3 is 2.35 bits per heavy atom. The molecular weight excluding hydrogens is 214 g/mol. The molecule has 96 valence electrons. The number of hydrogen-bond donors (Lipinski definition) is 1. The van der Waals surface area contributed by atoms with E-state index in [9.17, 15) is 4.79 Å². The number of aryl methyl sites for hydroxylation is 2. The minimum absolute atomic E-state index is 0.0573. The molecule has 1 aromatic rings. The van der Waals surface area contributed by atoms with Crippen LogP contribution in [0.25, 0.3) is 0 Å². The van der Waals surface area contributed by atoms with Crippen LogP contribution in [0.1, 0.15) is 48.9 Å². The van der Waals surface area contributed by atoms with Gasteiger partial charge in [-0.15, -0.1) is 0 Å². The zero-order chi connectivity index (χ0) is 13.2. The average Bonchev–Trinajstić information content (AvgIpc) is 2.55. The van der Waals surface area contributed by atoms with Gasteiger partial charge in [-0.05, 0) is 33.1 Å². The molecule has 0 saturated carbocycles. The average molecular weight is 237 g/mol. The highest BCUT2D eigenvalue weighted by Gasteiger charge is 2.22. The lowest BCUT2D eigenvalue weighted by atomic mass is 10.0. The Bertz CT molecular complexity index is 376. The summed E-state index contributed by atoms with van der Waals surface area (Å²) in [6.45, 7) is 10.2. The molecule has 1 aromatic heterocycles. The van der Waals surface area contributed by atoms with E-state index in [1.807, 2.05) is 25.8 Å². The maximum Gasteiger partial charge on any atom is 0.257 e. The van der Waals surface area contributed by atoms with Crippen LogP contribution in [0.15, 0.2) is 0 Å². The summed E-state index contributed by atoms with van der Waals surface area (Å²) >= 11 is 0. The number of carbonyl (C=O) groups excluding carboxylic acids is 1. The number of aromatic amines is 1. The highest BCUT2D eigenvalue weighted by atomic mass is 16.2. The van der Waals surface area contributed by atoms with Gasteiger partial charge in [0.1, 0.15) is 0 Å². The van der Waals surface area contributed by atoms with Crippen molar-refractivity contribution in [3.63, 3.8) is 0 Å². The van der Waals surface area contributed by atoms with Crippen LogP contribution >= 0.6 is 0 Å². The molecule has 1 unspecified atom stereocenters. The van der Waals surface area contributed by atoms with Gasteiger partial charge in [0.2, 0.25) is 0 Å². The van der Waals surface area contributed by atoms with E-state index in [2.05, 4.69) is 31.0 Å². The Labute approximate surface area is 103 Å². The molecule has 1 rings (SSSR count). The summed E-state index contributed by atoms with van der Waals surface area (Å²) in [4.78, 5) is 14.1. The topological polar surface area (TPSA) is 49.0 Å². The number of hydrogen-bond acceptors (Lipinski definition) is 2. The first-order valence-electron chi connectivity index (χ1n) is 6.13. The predicted octanol–water partition coefficient (Wildman–Crippen LogP) is 2.53. The highest BCUT2D eigenvalue weighted by molar-refractivity contribution is 5.96. The fourth-order valence-electron chi connectivity index (χ4n) is 2.08. The molecule has 0 aromatic carbocycles. The maximum absolute atomic E-state index is 12.3. The molecule has 0 aliphatic carbocycles. The van der Waals surface area contributed by atoms with Crippen molar-refractivity contribution in [3.05, 3.63) is 17.0 Å². The zero-order valence-corrected chi connectivity index (χ0v) is 11.7. The molecule has 0 saturated heterocycles. The van der Waals surface area contributed by atoms with Crippen molar-refractivity contribution in [2.45, 2.75) is 47.1 Å². The Hall–Kier alpha value is -1.32. The van der Waals surface area contributed by atoms with E-state index in [0.717, 1.165) is 17.8 Å². The van der Waals surface area contributed by atoms with E-state index < -0.39 is 0 Å². The monoisotopic (exact) mass is 237 g/mol. The third-order valence-corrected chi connectivity index (χ3v) is 3.14. The van der Waals surface area contributed by atoms with Crippen LogP contribution in [0, 0.1) is 19.8 Å². The second kappa shape index (κ2) is 5.34. The summed E-state index contributed by atoms with van der Waals surface area (Å²) in [5.74, 6) is 0.647. The van der Waals surface area contributed by atoms with Gasteiger partial charge >= 0.3 is 0 Å². The fraction of sp³-hybridized carbons (Fsp3) is 0.692. The largest absolute Gasteiger partial charge is 0.339 e. The summed E-state index contributed by atoms with van der Waals surface area (Å²) in [5, 5.41) is 6.92. The Morgan fingerprint density at radius 1 is 1.35 bits per heavy atom. The van der Waals surface area contributed by atoms with Crippen molar-refractivity contribution < 1.29 is 4.79 Å². The summed E-state index contributed by atoms with van der Waals surface area (Å²) in [6, 6.07) is 0.246. The molecule has 4 heteroatoms. The SMILES string of the molecule is Cc1n[nH]c(C)c1C(=O)N(C)C(C)CC(C)C. The van der Waals surface area contributed by atoms with Gasteiger partial charge in [-0.2, -0.15) is 5.10 Å². The normalized spacial score (nSPS) is 12.9. The molecule has 1 N–H and O–H groups in total. The van der Waals surface area contributed by atoms with Gasteiger partial charge in [-0.1, -0.05) is 13.8 Å². The van der Waals surface area contributed by atoms with Crippen molar-refractivity contribution in [1.82, 2.24) is 15.1 Å². The van der Waals surface area contributed by atoms with Gasteiger partial charge in [-0.3, -0.25) is 9.89 Å². The summed E-state index contributed by atoms with van der Waals surface area (Å²) in [7, 11) is 1.86. The van der Waals surface area contributed by atoms with Crippen molar-refractivity contribution in [1.29, 1.82) is 0 Å². The third kappa shape index (κ3) is 3.08. The van der Waals surface area contributed by atoms with E-state index in [1.165, 1.54) is 0 Å². The molecule has 0 bridgehead atoms. The molecule has 1 atom stereocenters. The molecule has 4 nitrogen and oxygen atoms in total. The van der Waals surface area contributed by atoms with Crippen molar-refractivity contribution >= 4 is 5.91 Å². The van der Waals surface area contributed by atoms with E-state index in [1.54, 1.807) is 0 Å². The van der Waals surface area contributed by atoms with Gasteiger partial charge in [0.05, 0.1) is 11.3 Å². The van der Waals surface area contributed by atoms with Crippen molar-refractivity contribution in [3.8, 4) is 0 Å².